The van der Waals surface area contributed by atoms with Crippen molar-refractivity contribution in [2.24, 2.45) is 5.92 Å². The third kappa shape index (κ3) is 10.2. The zero-order valence-electron chi connectivity index (χ0n) is 29.7. The van der Waals surface area contributed by atoms with Crippen molar-refractivity contribution in [2.75, 3.05) is 47.1 Å². The highest BCUT2D eigenvalue weighted by Gasteiger charge is 2.38. The lowest BCUT2D eigenvalue weighted by Crippen LogP contribution is -2.41. The summed E-state index contributed by atoms with van der Waals surface area (Å²) in [5, 5.41) is 9.06. The highest BCUT2D eigenvalue weighted by molar-refractivity contribution is 7.44. The molecule has 0 fully saturated rings. The molecule has 0 aromatic heterocycles. The Morgan fingerprint density at radius 3 is 1.67 bits per heavy atom. The minimum atomic E-state index is -1.42. The van der Waals surface area contributed by atoms with Crippen LogP contribution in [0.2, 0.25) is 0 Å². The van der Waals surface area contributed by atoms with Gasteiger partial charge in [-0.1, -0.05) is 68.4 Å². The van der Waals surface area contributed by atoms with Crippen molar-refractivity contribution in [2.45, 2.75) is 65.6 Å². The highest BCUT2D eigenvalue weighted by Crippen LogP contribution is 2.46. The van der Waals surface area contributed by atoms with Gasteiger partial charge < -0.3 is 28.2 Å². The average Bonchev–Trinajstić information content (AvgIpc) is 3.09. The molecule has 1 amide bonds. The number of ether oxygens (including phenoxy) is 3. The van der Waals surface area contributed by atoms with Crippen molar-refractivity contribution in [1.82, 2.24) is 9.57 Å². The molecular formula is C38H52N3O6P. The number of methoxy groups -OCH3 is 2. The van der Waals surface area contributed by atoms with E-state index in [0.717, 1.165) is 28.2 Å². The maximum absolute atomic E-state index is 13.5. The monoisotopic (exact) mass is 677 g/mol. The van der Waals surface area contributed by atoms with Gasteiger partial charge in [0.2, 0.25) is 5.91 Å². The molecule has 48 heavy (non-hydrogen) atoms. The first kappa shape index (κ1) is 38.9. The zero-order valence-corrected chi connectivity index (χ0v) is 30.6. The molecule has 0 aliphatic heterocycles. The van der Waals surface area contributed by atoms with Gasteiger partial charge in [-0.15, -0.1) is 0 Å². The van der Waals surface area contributed by atoms with Crippen LogP contribution in [0.15, 0.2) is 78.9 Å². The van der Waals surface area contributed by atoms with E-state index in [4.69, 9.17) is 28.5 Å². The Balaban J connectivity index is 1.92. The van der Waals surface area contributed by atoms with Gasteiger partial charge in [0.1, 0.15) is 17.1 Å². The fourth-order valence-electron chi connectivity index (χ4n) is 5.62. The standard InChI is InChI=1S/C38H52N3O6P/c1-29(2)37(42)40(25-28-47-48(46-26-12-23-39)41(30(3)4)31(5)6)24-27-45-38(32-13-10-9-11-14-32,33-15-19-35(43-7)20-16-33)34-17-21-36(44-8)22-18-34/h9-11,13-22,29-31H,12,24-28H2,1-8H3. The van der Waals surface area contributed by atoms with E-state index in [0.29, 0.717) is 19.7 Å². The molecule has 0 heterocycles. The second kappa shape index (κ2) is 19.5. The predicted octanol–water partition coefficient (Wildman–Crippen LogP) is 7.79. The molecule has 0 saturated heterocycles. The van der Waals surface area contributed by atoms with E-state index in [1.54, 1.807) is 19.1 Å². The predicted molar refractivity (Wildman–Crippen MR) is 191 cm³/mol. The topological polar surface area (TPSA) is 93.5 Å². The number of rotatable bonds is 20. The van der Waals surface area contributed by atoms with Gasteiger partial charge in [0, 0.05) is 31.1 Å². The highest BCUT2D eigenvalue weighted by atomic mass is 31.2. The van der Waals surface area contributed by atoms with Crippen molar-refractivity contribution in [3.05, 3.63) is 95.6 Å². The molecule has 10 heteroatoms. The van der Waals surface area contributed by atoms with E-state index in [1.807, 2.05) is 80.6 Å². The first-order valence-corrected chi connectivity index (χ1v) is 17.7. The van der Waals surface area contributed by atoms with E-state index < -0.39 is 14.1 Å². The molecule has 0 aliphatic rings. The number of hydrogen-bond acceptors (Lipinski definition) is 8. The van der Waals surface area contributed by atoms with Crippen LogP contribution in [-0.4, -0.2) is 74.7 Å². The number of carbonyl (C=O) groups is 1. The minimum absolute atomic E-state index is 0.0145. The number of carbonyl (C=O) groups excluding carboxylic acids is 1. The normalized spacial score (nSPS) is 12.4. The summed E-state index contributed by atoms with van der Waals surface area (Å²) in [7, 11) is 1.88. The maximum atomic E-state index is 13.5. The molecule has 260 valence electrons. The fourth-order valence-corrected chi connectivity index (χ4v) is 7.20. The molecule has 0 spiro atoms. The fraction of sp³-hybridized carbons (Fsp3) is 0.474. The van der Waals surface area contributed by atoms with Crippen molar-refractivity contribution in [3.8, 4) is 17.6 Å². The van der Waals surface area contributed by atoms with Crippen molar-refractivity contribution in [1.29, 1.82) is 5.26 Å². The largest absolute Gasteiger partial charge is 0.497 e. The van der Waals surface area contributed by atoms with E-state index in [1.165, 1.54) is 0 Å². The lowest BCUT2D eigenvalue weighted by molar-refractivity contribution is -0.136. The molecule has 0 bridgehead atoms. The van der Waals surface area contributed by atoms with Crippen molar-refractivity contribution in [3.63, 3.8) is 0 Å². The van der Waals surface area contributed by atoms with Gasteiger partial charge in [0.05, 0.1) is 46.5 Å². The zero-order chi connectivity index (χ0) is 35.1. The molecule has 0 radical (unpaired) electrons. The molecule has 3 rings (SSSR count). The van der Waals surface area contributed by atoms with Crippen LogP contribution in [0.3, 0.4) is 0 Å². The molecule has 3 aromatic rings. The molecule has 1 atom stereocenters. The number of nitriles is 1. The second-order valence-corrected chi connectivity index (χ2v) is 13.7. The first-order valence-electron chi connectivity index (χ1n) is 16.6. The molecule has 0 aliphatic carbocycles. The number of benzene rings is 3. The van der Waals surface area contributed by atoms with Crippen LogP contribution in [0.4, 0.5) is 0 Å². The van der Waals surface area contributed by atoms with Crippen LogP contribution >= 0.6 is 8.53 Å². The molecule has 3 aromatic carbocycles. The smallest absolute Gasteiger partial charge is 0.259 e. The first-order chi connectivity index (χ1) is 23.1. The number of nitrogens with zero attached hydrogens (tertiary/aromatic N) is 3. The van der Waals surface area contributed by atoms with Crippen LogP contribution in [-0.2, 0) is 24.2 Å². The molecular weight excluding hydrogens is 625 g/mol. The molecule has 0 saturated carbocycles. The van der Waals surface area contributed by atoms with Crippen LogP contribution in [0.1, 0.15) is 64.7 Å². The van der Waals surface area contributed by atoms with Gasteiger partial charge in [-0.3, -0.25) is 4.79 Å². The summed E-state index contributed by atoms with van der Waals surface area (Å²) in [6.45, 7) is 13.8. The third-order valence-corrected chi connectivity index (χ3v) is 9.99. The van der Waals surface area contributed by atoms with Crippen molar-refractivity contribution >= 4 is 14.4 Å². The van der Waals surface area contributed by atoms with Gasteiger partial charge in [0.25, 0.3) is 8.53 Å². The third-order valence-electron chi connectivity index (χ3n) is 7.88. The van der Waals surface area contributed by atoms with E-state index in [2.05, 4.69) is 50.6 Å². The maximum Gasteiger partial charge on any atom is 0.259 e. The van der Waals surface area contributed by atoms with Crippen molar-refractivity contribution < 1.29 is 28.1 Å². The summed E-state index contributed by atoms with van der Waals surface area (Å²) >= 11 is 0. The summed E-state index contributed by atoms with van der Waals surface area (Å²) in [5.41, 5.74) is 1.81. The van der Waals surface area contributed by atoms with Crippen LogP contribution < -0.4 is 9.47 Å². The van der Waals surface area contributed by atoms with Crippen LogP contribution in [0.5, 0.6) is 11.5 Å². The summed E-state index contributed by atoms with van der Waals surface area (Å²) in [6.07, 6.45) is 0.285. The van der Waals surface area contributed by atoms with E-state index in [9.17, 15) is 4.79 Å². The second-order valence-electron chi connectivity index (χ2n) is 12.2. The Hall–Kier alpha value is -3.51. The Kier molecular flexibility index (Phi) is 15.8. The lowest BCUT2D eigenvalue weighted by Gasteiger charge is -2.37. The van der Waals surface area contributed by atoms with Gasteiger partial charge in [0.15, 0.2) is 0 Å². The molecule has 1 unspecified atom stereocenters. The van der Waals surface area contributed by atoms with Crippen LogP contribution in [0.25, 0.3) is 0 Å². The van der Waals surface area contributed by atoms with E-state index in [-0.39, 0.29) is 43.5 Å². The quantitative estimate of drug-likeness (QED) is 0.0680. The number of amides is 1. The van der Waals surface area contributed by atoms with Gasteiger partial charge in [-0.25, -0.2) is 4.67 Å². The summed E-state index contributed by atoms with van der Waals surface area (Å²) in [4.78, 5) is 15.3. The molecule has 9 nitrogen and oxygen atoms in total. The van der Waals surface area contributed by atoms with Gasteiger partial charge >= 0.3 is 0 Å². The Labute approximate surface area is 288 Å². The van der Waals surface area contributed by atoms with E-state index >= 15 is 0 Å². The summed E-state index contributed by atoms with van der Waals surface area (Å²) in [6, 6.07) is 28.4. The Morgan fingerprint density at radius 1 is 0.729 bits per heavy atom. The summed E-state index contributed by atoms with van der Waals surface area (Å²) < 4.78 is 32.5. The lowest BCUT2D eigenvalue weighted by atomic mass is 9.80. The SMILES string of the molecule is COc1ccc(C(OCCN(CCOP(OCCC#N)N(C(C)C)C(C)C)C(=O)C(C)C)(c2ccccc2)c2ccc(OC)cc2)cc1. The average molecular weight is 678 g/mol. The van der Waals surface area contributed by atoms with Gasteiger partial charge in [-0.2, -0.15) is 5.26 Å². The van der Waals surface area contributed by atoms with Gasteiger partial charge in [-0.05, 0) is 68.7 Å². The van der Waals surface area contributed by atoms with Crippen LogP contribution in [0, 0.1) is 17.2 Å². The number of hydrogen-bond donors (Lipinski definition) is 0. The Bertz CT molecular complexity index is 1360. The molecule has 0 N–H and O–H groups in total. The summed E-state index contributed by atoms with van der Waals surface area (Å²) in [5.74, 6) is 1.30. The Morgan fingerprint density at radius 2 is 1.21 bits per heavy atom. The minimum Gasteiger partial charge on any atom is -0.497 e.